The van der Waals surface area contributed by atoms with Gasteiger partial charge in [-0.2, -0.15) is 0 Å². The van der Waals surface area contributed by atoms with Gasteiger partial charge < -0.3 is 25.4 Å². The second kappa shape index (κ2) is 12.4. The van der Waals surface area contributed by atoms with Crippen LogP contribution in [0.15, 0.2) is 30.4 Å². The van der Waals surface area contributed by atoms with Crippen molar-refractivity contribution in [2.75, 3.05) is 6.54 Å². The molecule has 4 heterocycles. The highest BCUT2D eigenvalue weighted by Crippen LogP contribution is 2.49. The monoisotopic (exact) mass is 727 g/mol. The lowest BCUT2D eigenvalue weighted by molar-refractivity contribution is -0.141. The molecule has 13 nitrogen and oxygen atoms in total. The maximum Gasteiger partial charge on any atom is 0.405 e. The zero-order valence-corrected chi connectivity index (χ0v) is 29.7. The molecule has 2 saturated carbocycles. The van der Waals surface area contributed by atoms with Gasteiger partial charge in [0.05, 0.1) is 22.5 Å². The van der Waals surface area contributed by atoms with Gasteiger partial charge >= 0.3 is 6.09 Å². The van der Waals surface area contributed by atoms with Crippen LogP contribution in [0.3, 0.4) is 0 Å². The maximum atomic E-state index is 14.4. The fourth-order valence-electron chi connectivity index (χ4n) is 7.81. The van der Waals surface area contributed by atoms with Crippen LogP contribution in [0.25, 0.3) is 10.9 Å². The Hall–Kier alpha value is -3.91. The highest BCUT2D eigenvalue weighted by Gasteiger charge is 2.64. The summed E-state index contributed by atoms with van der Waals surface area (Å²) in [4.78, 5) is 60.4. The third kappa shape index (κ3) is 6.18. The lowest BCUT2D eigenvalue weighted by Gasteiger charge is -2.36. The van der Waals surface area contributed by atoms with Gasteiger partial charge in [0.15, 0.2) is 0 Å². The summed E-state index contributed by atoms with van der Waals surface area (Å²) in [5, 5.41) is 16.3. The number of carbonyl (C=O) groups excluding carboxylic acids is 3. The van der Waals surface area contributed by atoms with Crippen molar-refractivity contribution in [3.05, 3.63) is 46.6 Å². The molecule has 2 aromatic rings. The molecule has 3 fully saturated rings. The third-order valence-electron chi connectivity index (χ3n) is 11.2. The first-order valence-corrected chi connectivity index (χ1v) is 19.2. The predicted molar refractivity (Wildman–Crippen MR) is 184 cm³/mol. The minimum absolute atomic E-state index is 0.00342. The number of ether oxygens (including phenoxy) is 1. The summed E-state index contributed by atoms with van der Waals surface area (Å²) in [5.74, 6) is -1.86. The average molecular weight is 728 g/mol. The first kappa shape index (κ1) is 34.5. The Balaban J connectivity index is 1.23. The highest BCUT2D eigenvalue weighted by molar-refractivity contribution is 7.91. The number of fused-ring (bicyclic) bond motifs is 5. The van der Waals surface area contributed by atoms with E-state index in [-0.39, 0.29) is 25.8 Å². The smallest absolute Gasteiger partial charge is 0.405 e. The number of allylic oxidation sites excluding steroid dienone is 1. The van der Waals surface area contributed by atoms with Crippen LogP contribution in [0, 0.1) is 12.8 Å². The molecule has 1 spiro atoms. The summed E-state index contributed by atoms with van der Waals surface area (Å²) >= 11 is 6.33. The Morgan fingerprint density at radius 2 is 1.92 bits per heavy atom. The molecule has 0 bridgehead atoms. The number of hydrogen-bond acceptors (Lipinski definition) is 8. The molecule has 7 rings (SSSR count). The van der Waals surface area contributed by atoms with Crippen LogP contribution in [-0.4, -0.2) is 81.7 Å². The third-order valence-corrected chi connectivity index (χ3v) is 13.6. The second-order valence-electron chi connectivity index (χ2n) is 14.9. The van der Waals surface area contributed by atoms with E-state index in [0.29, 0.717) is 55.0 Å². The summed E-state index contributed by atoms with van der Waals surface area (Å²) in [7, 11) is -3.99. The van der Waals surface area contributed by atoms with Crippen LogP contribution in [0.5, 0.6) is 5.75 Å². The molecule has 1 aromatic carbocycles. The highest BCUT2D eigenvalue weighted by atomic mass is 35.5. The van der Waals surface area contributed by atoms with E-state index in [4.69, 9.17) is 21.3 Å². The van der Waals surface area contributed by atoms with E-state index in [0.717, 1.165) is 29.3 Å². The molecule has 0 unspecified atom stereocenters. The van der Waals surface area contributed by atoms with Crippen molar-refractivity contribution in [2.24, 2.45) is 5.92 Å². The van der Waals surface area contributed by atoms with E-state index in [1.807, 2.05) is 31.2 Å². The lowest BCUT2D eigenvalue weighted by Crippen LogP contribution is -2.58. The van der Waals surface area contributed by atoms with Crippen molar-refractivity contribution >= 4 is 56.3 Å². The van der Waals surface area contributed by atoms with Crippen molar-refractivity contribution < 1.29 is 37.4 Å². The molecule has 268 valence electrons. The Labute approximate surface area is 295 Å². The molecule has 5 atom stereocenters. The van der Waals surface area contributed by atoms with Gasteiger partial charge in [-0.05, 0) is 83.4 Å². The Morgan fingerprint density at radius 3 is 2.66 bits per heavy atom. The summed E-state index contributed by atoms with van der Waals surface area (Å²) in [5.41, 5.74) is -0.178. The van der Waals surface area contributed by atoms with Gasteiger partial charge in [-0.3, -0.25) is 19.1 Å². The molecular formula is C35H42ClN5O8S. The van der Waals surface area contributed by atoms with Gasteiger partial charge in [0, 0.05) is 28.3 Å². The second-order valence-corrected chi connectivity index (χ2v) is 17.5. The van der Waals surface area contributed by atoms with E-state index in [9.17, 15) is 32.7 Å². The average Bonchev–Trinajstić information content (AvgIpc) is 3.95. The SMILES string of the molecule is Cc1nc2ccc(Cl)cc2c2c1O[C@]1(CC2)C[C@H]2C(=O)N[C@]3(C(=O)NS(=O)(=O)C4(C)CC4)C[C@H]3/C=C\CCCCC[C@H](NC(=O)O)C(=O)N2C1. The van der Waals surface area contributed by atoms with E-state index in [2.05, 4.69) is 15.4 Å². The molecular weight excluding hydrogens is 686 g/mol. The molecule has 15 heteroatoms. The fourth-order valence-corrected chi connectivity index (χ4v) is 9.30. The molecule has 3 aliphatic heterocycles. The van der Waals surface area contributed by atoms with Crippen molar-refractivity contribution in [2.45, 2.75) is 112 Å². The Morgan fingerprint density at radius 1 is 1.14 bits per heavy atom. The number of carbonyl (C=O) groups is 4. The Bertz CT molecular complexity index is 1930. The summed E-state index contributed by atoms with van der Waals surface area (Å²) in [6.07, 6.45) is 7.59. The predicted octanol–water partition coefficient (Wildman–Crippen LogP) is 3.89. The van der Waals surface area contributed by atoms with E-state index >= 15 is 0 Å². The van der Waals surface area contributed by atoms with Crippen molar-refractivity contribution in [1.82, 2.24) is 25.2 Å². The number of hydrogen-bond donors (Lipinski definition) is 4. The number of amides is 4. The number of aryl methyl sites for hydroxylation is 2. The van der Waals surface area contributed by atoms with Gasteiger partial charge in [-0.25, -0.2) is 18.2 Å². The topological polar surface area (TPSA) is 184 Å². The fraction of sp³-hybridized carbons (Fsp3) is 0.571. The molecule has 4 amide bonds. The molecule has 1 aromatic heterocycles. The van der Waals surface area contributed by atoms with Crippen molar-refractivity contribution in [1.29, 1.82) is 0 Å². The summed E-state index contributed by atoms with van der Waals surface area (Å²) < 4.78 is 34.1. The number of pyridine rings is 1. The number of sulfonamides is 1. The molecule has 0 radical (unpaired) electrons. The Kier molecular flexibility index (Phi) is 8.56. The van der Waals surface area contributed by atoms with Crippen LogP contribution >= 0.6 is 11.6 Å². The standard InChI is InChI=1S/C35H42ClN5O8S/c1-20-28-23(24-16-22(36)10-11-25(24)37-20)12-13-34(49-28)18-27-29(42)39-35(31(44)40-50(47,48)33(2)14-15-33)17-21(35)8-6-4-3-5-7-9-26(38-32(45)46)30(43)41(27)19-34/h6,8,10-11,16,21,26-27,38H,3-5,7,9,12-15,17-19H2,1-2H3,(H,39,42)(H,40,44)(H,45,46)/b8-6-/t21-,26+,27+,34-,35-/m1/s1. The molecule has 2 aliphatic carbocycles. The normalized spacial score (nSPS) is 31.2. The van der Waals surface area contributed by atoms with E-state index < -0.39 is 67.7 Å². The zero-order valence-electron chi connectivity index (χ0n) is 28.1. The molecule has 50 heavy (non-hydrogen) atoms. The van der Waals surface area contributed by atoms with Gasteiger partial charge in [-0.1, -0.05) is 36.6 Å². The molecule has 4 N–H and O–H groups in total. The number of aromatic nitrogens is 1. The first-order chi connectivity index (χ1) is 23.7. The summed E-state index contributed by atoms with van der Waals surface area (Å²) in [6.45, 7) is 3.42. The lowest BCUT2D eigenvalue weighted by atomic mass is 9.87. The first-order valence-electron chi connectivity index (χ1n) is 17.3. The largest absolute Gasteiger partial charge is 0.483 e. The van der Waals surface area contributed by atoms with Crippen molar-refractivity contribution in [3.63, 3.8) is 0 Å². The van der Waals surface area contributed by atoms with Gasteiger partial charge in [-0.15, -0.1) is 0 Å². The van der Waals surface area contributed by atoms with Gasteiger partial charge in [0.25, 0.3) is 5.91 Å². The minimum atomic E-state index is -3.99. The molecule has 5 aliphatic rings. The number of carboxylic acid groups (broad SMARTS) is 1. The van der Waals surface area contributed by atoms with Gasteiger partial charge in [0.1, 0.15) is 29.0 Å². The number of benzene rings is 1. The van der Waals surface area contributed by atoms with Crippen LogP contribution in [0.4, 0.5) is 4.79 Å². The van der Waals surface area contributed by atoms with E-state index in [1.165, 1.54) is 4.90 Å². The van der Waals surface area contributed by atoms with Gasteiger partial charge in [0.2, 0.25) is 21.8 Å². The minimum Gasteiger partial charge on any atom is -0.483 e. The van der Waals surface area contributed by atoms with Crippen LogP contribution in [0.2, 0.25) is 5.02 Å². The van der Waals surface area contributed by atoms with Crippen LogP contribution < -0.4 is 20.1 Å². The zero-order chi connectivity index (χ0) is 35.6. The van der Waals surface area contributed by atoms with E-state index in [1.54, 1.807) is 13.0 Å². The number of halogens is 1. The van der Waals surface area contributed by atoms with Crippen molar-refractivity contribution in [3.8, 4) is 5.75 Å². The quantitative estimate of drug-likeness (QED) is 0.340. The van der Waals surface area contributed by atoms with Crippen LogP contribution in [0.1, 0.15) is 82.4 Å². The van der Waals surface area contributed by atoms with Crippen LogP contribution in [-0.2, 0) is 30.8 Å². The molecule has 1 saturated heterocycles. The number of nitrogens with one attached hydrogen (secondary N) is 3. The maximum absolute atomic E-state index is 14.4. The summed E-state index contributed by atoms with van der Waals surface area (Å²) in [6, 6.07) is 3.25. The number of rotatable bonds is 4. The number of nitrogens with zero attached hydrogens (tertiary/aromatic N) is 2.